The summed E-state index contributed by atoms with van der Waals surface area (Å²) >= 11 is 3.37. The van der Waals surface area contributed by atoms with E-state index in [9.17, 15) is 4.39 Å². The molecule has 0 spiro atoms. The van der Waals surface area contributed by atoms with Gasteiger partial charge in [0.1, 0.15) is 5.82 Å². The van der Waals surface area contributed by atoms with Crippen LogP contribution in [-0.2, 0) is 6.42 Å². The quantitative estimate of drug-likeness (QED) is 0.811. The van der Waals surface area contributed by atoms with Gasteiger partial charge in [0.05, 0.1) is 0 Å². The van der Waals surface area contributed by atoms with E-state index in [1.54, 1.807) is 6.07 Å². The van der Waals surface area contributed by atoms with E-state index < -0.39 is 0 Å². The van der Waals surface area contributed by atoms with E-state index >= 15 is 0 Å². The smallest absolute Gasteiger partial charge is 0.124 e. The summed E-state index contributed by atoms with van der Waals surface area (Å²) in [5, 5.41) is 0. The largest absolute Gasteiger partial charge is 0.327 e. The van der Waals surface area contributed by atoms with Crippen LogP contribution in [0.4, 0.5) is 4.39 Å². The molecule has 1 fully saturated rings. The van der Waals surface area contributed by atoms with Gasteiger partial charge in [-0.15, -0.1) is 0 Å². The first-order valence-corrected chi connectivity index (χ1v) is 8.25. The summed E-state index contributed by atoms with van der Waals surface area (Å²) < 4.78 is 14.3. The average Bonchev–Trinajstić information content (AvgIpc) is 2.29. The summed E-state index contributed by atoms with van der Waals surface area (Å²) in [4.78, 5) is 0. The predicted octanol–water partition coefficient (Wildman–Crippen LogP) is 4.92. The Labute approximate surface area is 130 Å². The molecule has 0 amide bonds. The van der Waals surface area contributed by atoms with Gasteiger partial charge in [0.25, 0.3) is 0 Å². The van der Waals surface area contributed by atoms with Crippen molar-refractivity contribution in [2.45, 2.75) is 52.5 Å². The van der Waals surface area contributed by atoms with Crippen molar-refractivity contribution in [3.8, 4) is 0 Å². The maximum absolute atomic E-state index is 13.5. The van der Waals surface area contributed by atoms with Crippen LogP contribution in [0.15, 0.2) is 22.7 Å². The Morgan fingerprint density at radius 1 is 1.25 bits per heavy atom. The highest BCUT2D eigenvalue weighted by molar-refractivity contribution is 9.10. The third kappa shape index (κ3) is 4.05. The number of benzene rings is 1. The van der Waals surface area contributed by atoms with Crippen LogP contribution in [0.25, 0.3) is 0 Å². The highest BCUT2D eigenvalue weighted by atomic mass is 79.9. The Hall–Kier alpha value is -0.410. The van der Waals surface area contributed by atoms with Crippen LogP contribution in [0.5, 0.6) is 0 Å². The molecule has 0 aromatic heterocycles. The molecule has 1 aliphatic rings. The number of nitrogens with two attached hydrogens (primary N) is 1. The van der Waals surface area contributed by atoms with Gasteiger partial charge in [-0.2, -0.15) is 0 Å². The summed E-state index contributed by atoms with van der Waals surface area (Å²) in [5.41, 5.74) is 7.69. The molecule has 0 radical (unpaired) electrons. The Morgan fingerprint density at radius 2 is 1.95 bits per heavy atom. The maximum atomic E-state index is 13.5. The highest BCUT2D eigenvalue weighted by Crippen LogP contribution is 2.40. The van der Waals surface area contributed by atoms with Crippen LogP contribution in [0.1, 0.15) is 45.6 Å². The number of halogens is 2. The van der Waals surface area contributed by atoms with Gasteiger partial charge in [0.15, 0.2) is 0 Å². The fourth-order valence-electron chi connectivity index (χ4n) is 3.34. The fraction of sp³-hybridized carbons (Fsp3) is 0.647. The van der Waals surface area contributed by atoms with Crippen molar-refractivity contribution in [3.05, 3.63) is 34.1 Å². The summed E-state index contributed by atoms with van der Waals surface area (Å²) in [7, 11) is 0. The number of hydrogen-bond donors (Lipinski definition) is 1. The molecule has 20 heavy (non-hydrogen) atoms. The van der Waals surface area contributed by atoms with Crippen molar-refractivity contribution < 1.29 is 4.39 Å². The minimum Gasteiger partial charge on any atom is -0.327 e. The fourth-order valence-corrected chi connectivity index (χ4v) is 3.85. The first-order valence-electron chi connectivity index (χ1n) is 7.46. The average molecular weight is 342 g/mol. The van der Waals surface area contributed by atoms with E-state index in [1.807, 2.05) is 6.07 Å². The molecule has 2 rings (SSSR count). The van der Waals surface area contributed by atoms with E-state index in [1.165, 1.54) is 12.5 Å². The summed E-state index contributed by atoms with van der Waals surface area (Å²) in [6, 6.07) is 5.40. The van der Waals surface area contributed by atoms with Gasteiger partial charge in [0.2, 0.25) is 0 Å². The molecule has 3 heteroatoms. The van der Waals surface area contributed by atoms with Crippen molar-refractivity contribution in [1.29, 1.82) is 0 Å². The van der Waals surface area contributed by atoms with Crippen molar-refractivity contribution in [2.24, 2.45) is 23.0 Å². The van der Waals surface area contributed by atoms with Crippen molar-refractivity contribution in [1.82, 2.24) is 0 Å². The lowest BCUT2D eigenvalue weighted by atomic mass is 9.66. The molecular formula is C17H25BrFN. The third-order valence-electron chi connectivity index (χ3n) is 4.69. The predicted molar refractivity (Wildman–Crippen MR) is 86.1 cm³/mol. The Kier molecular flexibility index (Phi) is 4.91. The van der Waals surface area contributed by atoms with Gasteiger partial charge in [-0.25, -0.2) is 4.39 Å². The van der Waals surface area contributed by atoms with Crippen LogP contribution < -0.4 is 5.73 Å². The zero-order valence-electron chi connectivity index (χ0n) is 12.6. The van der Waals surface area contributed by atoms with Crippen LogP contribution in [-0.4, -0.2) is 6.04 Å². The lowest BCUT2D eigenvalue weighted by Crippen LogP contribution is -2.40. The minimum absolute atomic E-state index is 0.175. The molecule has 0 heterocycles. The first-order chi connectivity index (χ1) is 9.25. The lowest BCUT2D eigenvalue weighted by Gasteiger charge is -2.40. The zero-order chi connectivity index (χ0) is 14.9. The topological polar surface area (TPSA) is 26.0 Å². The second-order valence-corrected chi connectivity index (χ2v) is 8.20. The molecule has 1 aliphatic carbocycles. The normalized spacial score (nSPS) is 27.6. The van der Waals surface area contributed by atoms with Gasteiger partial charge in [-0.3, -0.25) is 0 Å². The van der Waals surface area contributed by atoms with E-state index in [0.717, 1.165) is 29.3 Å². The Balaban J connectivity index is 2.10. The van der Waals surface area contributed by atoms with E-state index in [0.29, 0.717) is 17.3 Å². The van der Waals surface area contributed by atoms with Gasteiger partial charge in [-0.05, 0) is 66.7 Å². The van der Waals surface area contributed by atoms with Crippen LogP contribution in [0.2, 0.25) is 0 Å². The van der Waals surface area contributed by atoms with Gasteiger partial charge >= 0.3 is 0 Å². The van der Waals surface area contributed by atoms with E-state index in [-0.39, 0.29) is 11.9 Å². The second-order valence-electron chi connectivity index (χ2n) is 7.28. The van der Waals surface area contributed by atoms with Gasteiger partial charge < -0.3 is 5.73 Å². The Morgan fingerprint density at radius 3 is 2.55 bits per heavy atom. The van der Waals surface area contributed by atoms with Crippen molar-refractivity contribution in [2.75, 3.05) is 0 Å². The monoisotopic (exact) mass is 341 g/mol. The van der Waals surface area contributed by atoms with Gasteiger partial charge in [-0.1, -0.05) is 36.7 Å². The van der Waals surface area contributed by atoms with Gasteiger partial charge in [0, 0.05) is 10.5 Å². The molecule has 112 valence electrons. The number of rotatable bonds is 2. The lowest BCUT2D eigenvalue weighted by molar-refractivity contribution is 0.126. The van der Waals surface area contributed by atoms with Crippen molar-refractivity contribution >= 4 is 15.9 Å². The van der Waals surface area contributed by atoms with E-state index in [4.69, 9.17) is 5.73 Å². The van der Waals surface area contributed by atoms with E-state index in [2.05, 4.69) is 36.7 Å². The third-order valence-corrected chi connectivity index (χ3v) is 5.14. The molecule has 0 saturated heterocycles. The standard InChI is InChI=1S/C17H25BrFN/c1-17(2,3)13-4-5-16(20)12(9-13)6-11-7-14(18)10-15(19)8-11/h7-8,10,12-13,16H,4-6,9,20H2,1-3H3. The molecule has 1 saturated carbocycles. The molecule has 1 nitrogen and oxygen atoms in total. The summed E-state index contributed by atoms with van der Waals surface area (Å²) in [6.45, 7) is 6.93. The summed E-state index contributed by atoms with van der Waals surface area (Å²) in [6.07, 6.45) is 4.33. The summed E-state index contributed by atoms with van der Waals surface area (Å²) in [5.74, 6) is 0.997. The molecule has 3 atom stereocenters. The molecular weight excluding hydrogens is 317 g/mol. The molecule has 3 unspecified atom stereocenters. The first kappa shape index (κ1) is 16.0. The highest BCUT2D eigenvalue weighted by Gasteiger charge is 2.34. The number of hydrogen-bond acceptors (Lipinski definition) is 1. The maximum Gasteiger partial charge on any atom is 0.124 e. The second kappa shape index (κ2) is 6.15. The molecule has 2 N–H and O–H groups in total. The minimum atomic E-state index is -0.175. The zero-order valence-corrected chi connectivity index (χ0v) is 14.2. The molecule has 1 aromatic carbocycles. The Bertz CT molecular complexity index is 446. The molecule has 0 aliphatic heterocycles. The molecule has 0 bridgehead atoms. The van der Waals surface area contributed by atoms with Crippen molar-refractivity contribution in [3.63, 3.8) is 0 Å². The SMILES string of the molecule is CC(C)(C)C1CCC(N)C(Cc2cc(F)cc(Br)c2)C1. The molecule has 1 aromatic rings. The van der Waals surface area contributed by atoms with Crippen LogP contribution in [0, 0.1) is 23.1 Å². The van der Waals surface area contributed by atoms with Crippen LogP contribution in [0.3, 0.4) is 0 Å². The van der Waals surface area contributed by atoms with Crippen LogP contribution >= 0.6 is 15.9 Å².